The molecule has 0 radical (unpaired) electrons. The van der Waals surface area contributed by atoms with E-state index in [1.165, 1.54) is 12.1 Å². The number of carboxylic acid groups (broad SMARTS) is 1. The molecule has 1 aromatic carbocycles. The summed E-state index contributed by atoms with van der Waals surface area (Å²) >= 11 is 11.6. The Labute approximate surface area is 101 Å². The molecule has 0 bridgehead atoms. The van der Waals surface area contributed by atoms with Crippen LogP contribution in [0.4, 0.5) is 0 Å². The summed E-state index contributed by atoms with van der Waals surface area (Å²) in [5.41, 5.74) is 0.498. The molecule has 0 saturated heterocycles. The van der Waals surface area contributed by atoms with Gasteiger partial charge in [-0.1, -0.05) is 23.2 Å². The lowest BCUT2D eigenvalue weighted by Gasteiger charge is -2.21. The summed E-state index contributed by atoms with van der Waals surface area (Å²) in [4.78, 5) is 22.1. The average Bonchev–Trinajstić information content (AvgIpc) is 2.15. The van der Waals surface area contributed by atoms with Gasteiger partial charge in [-0.15, -0.1) is 0 Å². The number of esters is 1. The lowest BCUT2D eigenvalue weighted by Crippen LogP contribution is -2.33. The third kappa shape index (κ3) is 1.86. The fourth-order valence-electron chi connectivity index (χ4n) is 1.52. The van der Waals surface area contributed by atoms with Crippen molar-refractivity contribution in [1.82, 2.24) is 0 Å². The summed E-state index contributed by atoms with van der Waals surface area (Å²) in [7, 11) is 0. The number of benzene rings is 1. The van der Waals surface area contributed by atoms with Crippen LogP contribution in [-0.4, -0.2) is 17.0 Å². The summed E-state index contributed by atoms with van der Waals surface area (Å²) < 4.78 is 4.88. The Bertz CT molecular complexity index is 484. The molecular weight excluding hydrogens is 255 g/mol. The number of hydrogen-bond acceptors (Lipinski definition) is 3. The smallest absolute Gasteiger partial charge is 0.326 e. The van der Waals surface area contributed by atoms with Crippen molar-refractivity contribution in [3.8, 4) is 5.75 Å². The Morgan fingerprint density at radius 3 is 2.75 bits per heavy atom. The number of halogens is 2. The van der Waals surface area contributed by atoms with Gasteiger partial charge in [0.05, 0.1) is 0 Å². The molecule has 1 aliphatic rings. The summed E-state index contributed by atoms with van der Waals surface area (Å²) in [6.07, 6.45) is 0.0273. The van der Waals surface area contributed by atoms with E-state index in [1.54, 1.807) is 0 Å². The van der Waals surface area contributed by atoms with Crippen LogP contribution < -0.4 is 4.74 Å². The van der Waals surface area contributed by atoms with Gasteiger partial charge in [0.15, 0.2) is 5.92 Å². The molecule has 0 aliphatic carbocycles. The van der Waals surface area contributed by atoms with Crippen LogP contribution in [0.2, 0.25) is 10.0 Å². The van der Waals surface area contributed by atoms with Gasteiger partial charge in [0.2, 0.25) is 0 Å². The van der Waals surface area contributed by atoms with E-state index in [0.717, 1.165) is 0 Å². The molecule has 1 aliphatic heterocycles. The Morgan fingerprint density at radius 2 is 2.12 bits per heavy atom. The van der Waals surface area contributed by atoms with Crippen LogP contribution in [0, 0.1) is 5.92 Å². The van der Waals surface area contributed by atoms with Crippen LogP contribution in [0.3, 0.4) is 0 Å². The fraction of sp³-hybridized carbons (Fsp3) is 0.200. The van der Waals surface area contributed by atoms with Gasteiger partial charge in [0.1, 0.15) is 5.75 Å². The zero-order valence-corrected chi connectivity index (χ0v) is 9.38. The van der Waals surface area contributed by atoms with Crippen LogP contribution in [0.15, 0.2) is 12.1 Å². The Balaban J connectivity index is 2.47. The lowest BCUT2D eigenvalue weighted by molar-refractivity contribution is -0.153. The van der Waals surface area contributed by atoms with Crippen LogP contribution in [0.1, 0.15) is 5.56 Å². The first kappa shape index (κ1) is 11.2. The highest BCUT2D eigenvalue weighted by Crippen LogP contribution is 2.36. The molecule has 0 saturated carbocycles. The number of carboxylic acids is 1. The summed E-state index contributed by atoms with van der Waals surface area (Å²) in [6.45, 7) is 0. The molecule has 1 atom stereocenters. The van der Waals surface area contributed by atoms with Crippen molar-refractivity contribution in [2.24, 2.45) is 5.92 Å². The average molecular weight is 261 g/mol. The largest absolute Gasteiger partial charge is 0.481 e. The van der Waals surface area contributed by atoms with Crippen molar-refractivity contribution >= 4 is 35.1 Å². The molecule has 0 amide bonds. The predicted molar refractivity (Wildman–Crippen MR) is 56.9 cm³/mol. The minimum absolute atomic E-state index is 0.0273. The predicted octanol–water partition coefficient (Wildman–Crippen LogP) is 2.16. The first-order valence-corrected chi connectivity index (χ1v) is 5.17. The number of fused-ring (bicyclic) bond motifs is 1. The van der Waals surface area contributed by atoms with E-state index >= 15 is 0 Å². The van der Waals surface area contributed by atoms with Crippen molar-refractivity contribution in [3.05, 3.63) is 27.7 Å². The van der Waals surface area contributed by atoms with E-state index < -0.39 is 17.9 Å². The van der Waals surface area contributed by atoms with Crippen molar-refractivity contribution in [2.45, 2.75) is 6.42 Å². The molecule has 6 heteroatoms. The number of hydrogen-bond donors (Lipinski definition) is 1. The van der Waals surface area contributed by atoms with Crippen LogP contribution >= 0.6 is 23.2 Å². The SMILES string of the molecule is O=C(O)C1Cc2c(Cl)cc(Cl)cc2OC1=O. The summed E-state index contributed by atoms with van der Waals surface area (Å²) in [6, 6.07) is 2.93. The van der Waals surface area contributed by atoms with Gasteiger partial charge in [-0.05, 0) is 12.1 Å². The second-order valence-electron chi connectivity index (χ2n) is 3.38. The van der Waals surface area contributed by atoms with Gasteiger partial charge in [-0.25, -0.2) is 0 Å². The highest BCUT2D eigenvalue weighted by Gasteiger charge is 2.35. The number of carbonyl (C=O) groups is 2. The van der Waals surface area contributed by atoms with E-state index in [9.17, 15) is 9.59 Å². The van der Waals surface area contributed by atoms with Crippen LogP contribution in [0.5, 0.6) is 5.75 Å². The van der Waals surface area contributed by atoms with Crippen molar-refractivity contribution in [1.29, 1.82) is 0 Å². The van der Waals surface area contributed by atoms with Gasteiger partial charge in [0.25, 0.3) is 0 Å². The third-order valence-corrected chi connectivity index (χ3v) is 2.88. The fourth-order valence-corrected chi connectivity index (χ4v) is 2.08. The van der Waals surface area contributed by atoms with Gasteiger partial charge in [-0.3, -0.25) is 9.59 Å². The van der Waals surface area contributed by atoms with E-state index in [4.69, 9.17) is 33.0 Å². The quantitative estimate of drug-likeness (QED) is 0.478. The van der Waals surface area contributed by atoms with Gasteiger partial charge < -0.3 is 9.84 Å². The standard InChI is InChI=1S/C10H6Cl2O4/c11-4-1-7(12)5-3-6(9(13)14)10(15)16-8(5)2-4/h1-2,6H,3H2,(H,13,14). The molecule has 0 aromatic heterocycles. The first-order valence-electron chi connectivity index (χ1n) is 4.41. The molecule has 0 spiro atoms. The maximum atomic E-state index is 11.3. The van der Waals surface area contributed by atoms with Crippen molar-refractivity contribution in [3.63, 3.8) is 0 Å². The molecule has 0 fully saturated rings. The minimum atomic E-state index is -1.22. The lowest BCUT2D eigenvalue weighted by atomic mass is 9.96. The molecule has 84 valence electrons. The summed E-state index contributed by atoms with van der Waals surface area (Å²) in [5.74, 6) is -2.98. The Morgan fingerprint density at radius 1 is 1.44 bits per heavy atom. The monoisotopic (exact) mass is 260 g/mol. The molecule has 1 unspecified atom stereocenters. The summed E-state index contributed by atoms with van der Waals surface area (Å²) in [5, 5.41) is 9.45. The molecule has 2 rings (SSSR count). The molecule has 4 nitrogen and oxygen atoms in total. The first-order chi connectivity index (χ1) is 7.49. The minimum Gasteiger partial charge on any atom is -0.481 e. The second-order valence-corrected chi connectivity index (χ2v) is 4.22. The van der Waals surface area contributed by atoms with Crippen molar-refractivity contribution in [2.75, 3.05) is 0 Å². The van der Waals surface area contributed by atoms with Crippen LogP contribution in [0.25, 0.3) is 0 Å². The third-order valence-electron chi connectivity index (χ3n) is 2.32. The molecule has 1 N–H and O–H groups in total. The number of rotatable bonds is 1. The van der Waals surface area contributed by atoms with E-state index in [2.05, 4.69) is 0 Å². The molecule has 1 heterocycles. The van der Waals surface area contributed by atoms with E-state index in [1.807, 2.05) is 0 Å². The van der Waals surface area contributed by atoms with Crippen LogP contribution in [-0.2, 0) is 16.0 Å². The zero-order chi connectivity index (χ0) is 11.9. The molecule has 1 aromatic rings. The highest BCUT2D eigenvalue weighted by molar-refractivity contribution is 6.35. The van der Waals surface area contributed by atoms with Gasteiger partial charge in [-0.2, -0.15) is 0 Å². The van der Waals surface area contributed by atoms with Crippen molar-refractivity contribution < 1.29 is 19.4 Å². The maximum Gasteiger partial charge on any atom is 0.326 e. The number of carbonyl (C=O) groups excluding carboxylic acids is 1. The zero-order valence-electron chi connectivity index (χ0n) is 7.87. The van der Waals surface area contributed by atoms with E-state index in [0.29, 0.717) is 15.6 Å². The van der Waals surface area contributed by atoms with Gasteiger partial charge in [0, 0.05) is 22.0 Å². The molecular formula is C10H6Cl2O4. The normalized spacial score (nSPS) is 18.9. The molecule has 16 heavy (non-hydrogen) atoms. The van der Waals surface area contributed by atoms with E-state index in [-0.39, 0.29) is 12.2 Å². The topological polar surface area (TPSA) is 63.6 Å². The van der Waals surface area contributed by atoms with Gasteiger partial charge >= 0.3 is 11.9 Å². The second kappa shape index (κ2) is 3.96. The highest BCUT2D eigenvalue weighted by atomic mass is 35.5. The Hall–Kier alpha value is -1.26. The Kier molecular flexibility index (Phi) is 2.78. The number of ether oxygens (including phenoxy) is 1. The maximum absolute atomic E-state index is 11.3. The number of aliphatic carboxylic acids is 1.